The number of nitrogens with zero attached hydrogens (tertiary/aromatic N) is 3. The summed E-state index contributed by atoms with van der Waals surface area (Å²) in [6.07, 6.45) is 2.15. The van der Waals surface area contributed by atoms with Crippen molar-refractivity contribution in [1.82, 2.24) is 15.0 Å². The second-order valence-corrected chi connectivity index (χ2v) is 3.53. The maximum absolute atomic E-state index is 11.2. The van der Waals surface area contributed by atoms with Crippen molar-refractivity contribution in [3.63, 3.8) is 0 Å². The van der Waals surface area contributed by atoms with Crippen LogP contribution in [0.25, 0.3) is 5.69 Å². The highest BCUT2D eigenvalue weighted by molar-refractivity contribution is 5.93. The number of carbonyl (C=O) groups excluding carboxylic acids is 1. The van der Waals surface area contributed by atoms with Gasteiger partial charge in [-0.3, -0.25) is 4.79 Å². The first kappa shape index (κ1) is 11.3. The quantitative estimate of drug-likeness (QED) is 0.811. The van der Waals surface area contributed by atoms with Crippen LogP contribution in [-0.4, -0.2) is 32.1 Å². The maximum Gasteiger partial charge on any atom is 0.252 e. The molecule has 0 aliphatic heterocycles. The summed E-state index contributed by atoms with van der Waals surface area (Å²) in [5, 5.41) is 19.6. The molecule has 1 amide bonds. The number of nitrogens with one attached hydrogen (secondary N) is 1. The van der Waals surface area contributed by atoms with Crippen molar-refractivity contribution < 1.29 is 9.90 Å². The molecule has 2 aromatic rings. The van der Waals surface area contributed by atoms with E-state index in [1.165, 1.54) is 11.7 Å². The standard InChI is InChI=1S/C11H12N4O2/c1-8(16)11(17)14-9-2-4-10(5-3-9)15-12-6-7-13-15/h2-8,16H,1H3,(H,14,17). The maximum atomic E-state index is 11.2. The van der Waals surface area contributed by atoms with E-state index >= 15 is 0 Å². The highest BCUT2D eigenvalue weighted by Gasteiger charge is 2.08. The van der Waals surface area contributed by atoms with Gasteiger partial charge in [0.15, 0.2) is 0 Å². The molecule has 6 nitrogen and oxygen atoms in total. The Balaban J connectivity index is 2.11. The third-order valence-corrected chi connectivity index (χ3v) is 2.16. The first-order chi connectivity index (χ1) is 8.16. The van der Waals surface area contributed by atoms with Crippen LogP contribution < -0.4 is 5.32 Å². The van der Waals surface area contributed by atoms with Crippen molar-refractivity contribution in [2.24, 2.45) is 0 Å². The summed E-state index contributed by atoms with van der Waals surface area (Å²) < 4.78 is 0. The summed E-state index contributed by atoms with van der Waals surface area (Å²) in [6, 6.07) is 6.99. The Morgan fingerprint density at radius 2 is 1.88 bits per heavy atom. The largest absolute Gasteiger partial charge is 0.384 e. The predicted molar refractivity (Wildman–Crippen MR) is 61.7 cm³/mol. The lowest BCUT2D eigenvalue weighted by Gasteiger charge is -2.07. The van der Waals surface area contributed by atoms with Crippen LogP contribution in [0.1, 0.15) is 6.92 Å². The van der Waals surface area contributed by atoms with Crippen LogP contribution in [0.2, 0.25) is 0 Å². The van der Waals surface area contributed by atoms with Gasteiger partial charge in [0.2, 0.25) is 0 Å². The lowest BCUT2D eigenvalue weighted by molar-refractivity contribution is -0.123. The molecule has 2 N–H and O–H groups in total. The van der Waals surface area contributed by atoms with Gasteiger partial charge in [-0.2, -0.15) is 15.0 Å². The van der Waals surface area contributed by atoms with Crippen molar-refractivity contribution in [3.8, 4) is 5.69 Å². The lowest BCUT2D eigenvalue weighted by Crippen LogP contribution is -2.24. The van der Waals surface area contributed by atoms with E-state index in [2.05, 4.69) is 15.5 Å². The van der Waals surface area contributed by atoms with E-state index in [9.17, 15) is 4.79 Å². The molecule has 1 aromatic heterocycles. The molecule has 0 saturated heterocycles. The molecule has 17 heavy (non-hydrogen) atoms. The molecule has 1 unspecified atom stereocenters. The molecule has 0 spiro atoms. The van der Waals surface area contributed by atoms with Gasteiger partial charge in [-0.25, -0.2) is 0 Å². The van der Waals surface area contributed by atoms with Crippen LogP contribution in [-0.2, 0) is 4.79 Å². The fourth-order valence-corrected chi connectivity index (χ4v) is 1.27. The number of anilines is 1. The van der Waals surface area contributed by atoms with Gasteiger partial charge in [0.25, 0.3) is 5.91 Å². The van der Waals surface area contributed by atoms with Crippen LogP contribution >= 0.6 is 0 Å². The highest BCUT2D eigenvalue weighted by Crippen LogP contribution is 2.11. The molecule has 1 heterocycles. The van der Waals surface area contributed by atoms with Crippen molar-refractivity contribution in [1.29, 1.82) is 0 Å². The van der Waals surface area contributed by atoms with Crippen LogP contribution in [0.3, 0.4) is 0 Å². The monoisotopic (exact) mass is 232 g/mol. The number of carbonyl (C=O) groups is 1. The summed E-state index contributed by atoms with van der Waals surface area (Å²) in [7, 11) is 0. The Kier molecular flexibility index (Phi) is 3.15. The lowest BCUT2D eigenvalue weighted by atomic mass is 10.2. The number of aliphatic hydroxyl groups is 1. The number of benzene rings is 1. The van der Waals surface area contributed by atoms with E-state index in [0.29, 0.717) is 5.69 Å². The van der Waals surface area contributed by atoms with E-state index in [4.69, 9.17) is 5.11 Å². The van der Waals surface area contributed by atoms with Gasteiger partial charge in [-0.15, -0.1) is 0 Å². The van der Waals surface area contributed by atoms with Gasteiger partial charge in [0.05, 0.1) is 18.1 Å². The summed E-state index contributed by atoms with van der Waals surface area (Å²) in [5.74, 6) is -0.435. The molecule has 0 aliphatic rings. The second-order valence-electron chi connectivity index (χ2n) is 3.53. The van der Waals surface area contributed by atoms with Gasteiger partial charge in [-0.1, -0.05) is 0 Å². The topological polar surface area (TPSA) is 80.0 Å². The van der Waals surface area contributed by atoms with Gasteiger partial charge in [-0.05, 0) is 31.2 Å². The fraction of sp³-hybridized carbons (Fsp3) is 0.182. The van der Waals surface area contributed by atoms with Gasteiger partial charge >= 0.3 is 0 Å². The minimum atomic E-state index is -1.03. The second kappa shape index (κ2) is 4.75. The zero-order valence-corrected chi connectivity index (χ0v) is 9.24. The first-order valence-electron chi connectivity index (χ1n) is 5.12. The third kappa shape index (κ3) is 2.67. The van der Waals surface area contributed by atoms with Crippen LogP contribution in [0.5, 0.6) is 0 Å². The Labute approximate surface area is 97.9 Å². The molecule has 0 saturated carbocycles. The average Bonchev–Trinajstić information content (AvgIpc) is 2.83. The average molecular weight is 232 g/mol. The smallest absolute Gasteiger partial charge is 0.252 e. The van der Waals surface area contributed by atoms with Gasteiger partial charge < -0.3 is 10.4 Å². The Morgan fingerprint density at radius 3 is 2.41 bits per heavy atom. The van der Waals surface area contributed by atoms with E-state index < -0.39 is 12.0 Å². The highest BCUT2D eigenvalue weighted by atomic mass is 16.3. The normalized spacial score (nSPS) is 12.1. The Bertz CT molecular complexity index is 491. The summed E-state index contributed by atoms with van der Waals surface area (Å²) in [4.78, 5) is 12.7. The molecule has 0 radical (unpaired) electrons. The fourth-order valence-electron chi connectivity index (χ4n) is 1.27. The minimum Gasteiger partial charge on any atom is -0.384 e. The SMILES string of the molecule is CC(O)C(=O)Nc1ccc(-n2nccn2)cc1. The van der Waals surface area contributed by atoms with E-state index in [-0.39, 0.29) is 0 Å². The number of aliphatic hydroxyl groups excluding tert-OH is 1. The van der Waals surface area contributed by atoms with Crippen molar-refractivity contribution in [2.45, 2.75) is 13.0 Å². The molecule has 0 bridgehead atoms. The van der Waals surface area contributed by atoms with Crippen molar-refractivity contribution in [2.75, 3.05) is 5.32 Å². The van der Waals surface area contributed by atoms with Crippen LogP contribution in [0.4, 0.5) is 5.69 Å². The minimum absolute atomic E-state index is 0.435. The van der Waals surface area contributed by atoms with Gasteiger partial charge in [0.1, 0.15) is 6.10 Å². The van der Waals surface area contributed by atoms with E-state index in [1.807, 2.05) is 0 Å². The molecular weight excluding hydrogens is 220 g/mol. The summed E-state index contributed by atoms with van der Waals surface area (Å²) in [5.41, 5.74) is 1.41. The number of hydrogen-bond donors (Lipinski definition) is 2. The molecular formula is C11H12N4O2. The Hall–Kier alpha value is -2.21. The first-order valence-corrected chi connectivity index (χ1v) is 5.12. The molecule has 1 atom stereocenters. The summed E-state index contributed by atoms with van der Waals surface area (Å²) >= 11 is 0. The van der Waals surface area contributed by atoms with Crippen molar-refractivity contribution in [3.05, 3.63) is 36.7 Å². The van der Waals surface area contributed by atoms with E-state index in [1.54, 1.807) is 36.7 Å². The number of amides is 1. The van der Waals surface area contributed by atoms with Crippen LogP contribution in [0.15, 0.2) is 36.7 Å². The number of hydrogen-bond acceptors (Lipinski definition) is 4. The number of rotatable bonds is 3. The molecule has 0 fully saturated rings. The zero-order chi connectivity index (χ0) is 12.3. The van der Waals surface area contributed by atoms with Crippen LogP contribution in [0, 0.1) is 0 Å². The number of aromatic nitrogens is 3. The van der Waals surface area contributed by atoms with Gasteiger partial charge in [0, 0.05) is 5.69 Å². The molecule has 88 valence electrons. The Morgan fingerprint density at radius 1 is 1.29 bits per heavy atom. The zero-order valence-electron chi connectivity index (χ0n) is 9.24. The van der Waals surface area contributed by atoms with Crippen molar-refractivity contribution >= 4 is 11.6 Å². The van der Waals surface area contributed by atoms with E-state index in [0.717, 1.165) is 5.69 Å². The summed E-state index contributed by atoms with van der Waals surface area (Å²) in [6.45, 7) is 1.41. The molecule has 1 aromatic carbocycles. The molecule has 0 aliphatic carbocycles. The molecule has 2 rings (SSSR count). The predicted octanol–water partition coefficient (Wildman–Crippen LogP) is 0.587. The third-order valence-electron chi connectivity index (χ3n) is 2.16. The molecule has 6 heteroatoms.